The third-order valence-corrected chi connectivity index (χ3v) is 3.90. The normalized spacial score (nSPS) is 13.6. The average molecular weight is 332 g/mol. The van der Waals surface area contributed by atoms with Crippen molar-refractivity contribution in [2.75, 3.05) is 20.2 Å². The number of aliphatic hydroxyl groups is 1. The minimum absolute atomic E-state index is 0.166. The van der Waals surface area contributed by atoms with Crippen LogP contribution in [-0.4, -0.2) is 42.3 Å². The molecule has 0 aliphatic heterocycles. The van der Waals surface area contributed by atoms with E-state index in [2.05, 4.69) is 5.32 Å². The number of hydrogen-bond donors (Lipinski definition) is 2. The summed E-state index contributed by atoms with van der Waals surface area (Å²) in [5.41, 5.74) is -0.883. The van der Waals surface area contributed by atoms with Crippen LogP contribution in [-0.2, 0) is 11.6 Å². The van der Waals surface area contributed by atoms with E-state index >= 15 is 0 Å². The highest BCUT2D eigenvalue weighted by molar-refractivity contribution is 5.74. The Morgan fingerprint density at radius 3 is 2.39 bits per heavy atom. The van der Waals surface area contributed by atoms with Crippen molar-refractivity contribution >= 4 is 6.03 Å². The highest BCUT2D eigenvalue weighted by Gasteiger charge is 2.32. The molecule has 0 spiro atoms. The summed E-state index contributed by atoms with van der Waals surface area (Å²) < 4.78 is 38.4. The molecule has 0 bridgehead atoms. The van der Waals surface area contributed by atoms with E-state index in [1.54, 1.807) is 33.9 Å². The number of alkyl halides is 3. The Labute approximate surface area is 134 Å². The van der Waals surface area contributed by atoms with Crippen molar-refractivity contribution in [2.45, 2.75) is 38.4 Å². The third kappa shape index (κ3) is 5.13. The summed E-state index contributed by atoms with van der Waals surface area (Å²) in [7, 11) is 1.55. The number of nitrogens with zero attached hydrogens (tertiary/aromatic N) is 1. The number of benzene rings is 1. The molecule has 7 heteroatoms. The highest BCUT2D eigenvalue weighted by Crippen LogP contribution is 2.32. The van der Waals surface area contributed by atoms with Crippen LogP contribution in [0.5, 0.6) is 0 Å². The minimum Gasteiger partial charge on any atom is -0.394 e. The quantitative estimate of drug-likeness (QED) is 0.871. The molecule has 0 fully saturated rings. The molecule has 0 unspecified atom stereocenters. The van der Waals surface area contributed by atoms with Crippen molar-refractivity contribution in [3.8, 4) is 0 Å². The molecule has 0 aliphatic rings. The smallest absolute Gasteiger partial charge is 0.394 e. The fraction of sp³-hybridized carbons (Fsp3) is 0.562. The summed E-state index contributed by atoms with van der Waals surface area (Å²) in [4.78, 5) is 13.3. The van der Waals surface area contributed by atoms with Gasteiger partial charge in [-0.3, -0.25) is 0 Å². The fourth-order valence-electron chi connectivity index (χ4n) is 1.96. The van der Waals surface area contributed by atoms with Gasteiger partial charge in [-0.2, -0.15) is 13.2 Å². The number of rotatable bonds is 5. The summed E-state index contributed by atoms with van der Waals surface area (Å²) in [6.45, 7) is 5.23. The average Bonchev–Trinajstić information content (AvgIpc) is 2.50. The molecule has 0 heterocycles. The maximum Gasteiger partial charge on any atom is 0.416 e. The van der Waals surface area contributed by atoms with Gasteiger partial charge in [-0.05, 0) is 18.6 Å². The zero-order chi connectivity index (χ0) is 17.8. The first-order valence-corrected chi connectivity index (χ1v) is 7.28. The number of hydrogen-bond acceptors (Lipinski definition) is 2. The lowest BCUT2D eigenvalue weighted by molar-refractivity contribution is -0.137. The molecule has 0 radical (unpaired) electrons. The van der Waals surface area contributed by atoms with Crippen LogP contribution in [0.1, 0.15) is 31.9 Å². The summed E-state index contributed by atoms with van der Waals surface area (Å²) in [6.07, 6.45) is -4.40. The van der Waals surface area contributed by atoms with E-state index in [0.29, 0.717) is 5.56 Å². The second-order valence-corrected chi connectivity index (χ2v) is 6.26. The molecule has 23 heavy (non-hydrogen) atoms. The molecular weight excluding hydrogens is 309 g/mol. The van der Waals surface area contributed by atoms with E-state index < -0.39 is 17.2 Å². The van der Waals surface area contributed by atoms with Crippen molar-refractivity contribution in [3.63, 3.8) is 0 Å². The molecule has 1 rings (SSSR count). The molecule has 1 aromatic rings. The predicted molar refractivity (Wildman–Crippen MR) is 82.2 cm³/mol. The lowest BCUT2D eigenvalue weighted by Gasteiger charge is -2.29. The van der Waals surface area contributed by atoms with Gasteiger partial charge in [0.15, 0.2) is 0 Å². The number of amides is 2. The van der Waals surface area contributed by atoms with Gasteiger partial charge in [0.1, 0.15) is 0 Å². The van der Waals surface area contributed by atoms with Crippen molar-refractivity contribution in [1.82, 2.24) is 10.2 Å². The zero-order valence-corrected chi connectivity index (χ0v) is 13.7. The van der Waals surface area contributed by atoms with Gasteiger partial charge >= 0.3 is 12.2 Å². The Bertz CT molecular complexity index is 544. The van der Waals surface area contributed by atoms with Gasteiger partial charge in [0.25, 0.3) is 0 Å². The van der Waals surface area contributed by atoms with E-state index in [9.17, 15) is 18.0 Å². The largest absolute Gasteiger partial charge is 0.416 e. The third-order valence-electron chi connectivity index (χ3n) is 3.90. The molecule has 0 aromatic heterocycles. The number of carbonyl (C=O) groups is 1. The molecule has 1 aromatic carbocycles. The summed E-state index contributed by atoms with van der Waals surface area (Å²) in [5.74, 6) is 0. The van der Waals surface area contributed by atoms with Crippen LogP contribution >= 0.6 is 0 Å². The molecule has 0 aliphatic carbocycles. The number of aliphatic hydroxyl groups excluding tert-OH is 1. The van der Waals surface area contributed by atoms with Crippen molar-refractivity contribution in [2.24, 2.45) is 0 Å². The molecule has 0 saturated heterocycles. The van der Waals surface area contributed by atoms with Gasteiger partial charge in [-0.25, -0.2) is 4.79 Å². The van der Waals surface area contributed by atoms with Crippen LogP contribution in [0.25, 0.3) is 0 Å². The first-order valence-electron chi connectivity index (χ1n) is 7.28. The van der Waals surface area contributed by atoms with E-state index in [1.807, 2.05) is 0 Å². The number of carbonyl (C=O) groups excluding carboxylic acids is 1. The Hall–Kier alpha value is -1.76. The van der Waals surface area contributed by atoms with Crippen LogP contribution in [0.4, 0.5) is 18.0 Å². The van der Waals surface area contributed by atoms with Crippen LogP contribution in [0.3, 0.4) is 0 Å². The lowest BCUT2D eigenvalue weighted by Crippen LogP contribution is -2.47. The lowest BCUT2D eigenvalue weighted by atomic mass is 9.84. The van der Waals surface area contributed by atoms with E-state index in [4.69, 9.17) is 5.11 Å². The second kappa shape index (κ2) is 7.21. The van der Waals surface area contributed by atoms with Crippen molar-refractivity contribution < 1.29 is 23.1 Å². The van der Waals surface area contributed by atoms with Crippen molar-refractivity contribution in [1.29, 1.82) is 0 Å². The van der Waals surface area contributed by atoms with Crippen LogP contribution in [0.15, 0.2) is 24.3 Å². The van der Waals surface area contributed by atoms with Gasteiger partial charge in [0, 0.05) is 19.0 Å². The number of likely N-dealkylation sites (N-methyl/N-ethyl adjacent to an activating group) is 1. The summed E-state index contributed by atoms with van der Waals surface area (Å²) in [5, 5.41) is 11.7. The Kier molecular flexibility index (Phi) is 6.04. The van der Waals surface area contributed by atoms with Crippen LogP contribution < -0.4 is 5.32 Å². The summed E-state index contributed by atoms with van der Waals surface area (Å²) >= 11 is 0. The van der Waals surface area contributed by atoms with Gasteiger partial charge in [-0.1, -0.05) is 32.0 Å². The number of halogens is 3. The molecule has 0 saturated carbocycles. The van der Waals surface area contributed by atoms with Gasteiger partial charge in [0.2, 0.25) is 0 Å². The molecule has 2 amide bonds. The van der Waals surface area contributed by atoms with Crippen LogP contribution in [0.2, 0.25) is 0 Å². The fourth-order valence-corrected chi connectivity index (χ4v) is 1.96. The first-order chi connectivity index (χ1) is 10.5. The monoisotopic (exact) mass is 332 g/mol. The Morgan fingerprint density at radius 1 is 1.30 bits per heavy atom. The van der Waals surface area contributed by atoms with E-state index in [-0.39, 0.29) is 25.2 Å². The maximum atomic E-state index is 12.8. The SMILES string of the molecule is C[C@H](CO)N(C)C(=O)NCC(C)(C)c1cccc(C(F)(F)F)c1. The summed E-state index contributed by atoms with van der Waals surface area (Å²) in [6, 6.07) is 4.38. The predicted octanol–water partition coefficient (Wildman–Crippen LogP) is 3.01. The number of nitrogens with one attached hydrogen (secondary N) is 1. The van der Waals surface area contributed by atoms with Crippen molar-refractivity contribution in [3.05, 3.63) is 35.4 Å². The molecule has 2 N–H and O–H groups in total. The maximum absolute atomic E-state index is 12.8. The first kappa shape index (κ1) is 19.3. The van der Waals surface area contributed by atoms with E-state index in [0.717, 1.165) is 12.1 Å². The second-order valence-electron chi connectivity index (χ2n) is 6.26. The standard InChI is InChI=1S/C16H23F3N2O2/c1-11(9-22)21(4)14(23)20-10-15(2,3)12-6-5-7-13(8-12)16(17,18)19/h5-8,11,22H,9-10H2,1-4H3,(H,20,23)/t11-/m1/s1. The van der Waals surface area contributed by atoms with Gasteiger partial charge in [0.05, 0.1) is 18.2 Å². The number of urea groups is 1. The highest BCUT2D eigenvalue weighted by atomic mass is 19.4. The minimum atomic E-state index is -4.40. The zero-order valence-electron chi connectivity index (χ0n) is 13.7. The molecular formula is C16H23F3N2O2. The molecule has 1 atom stereocenters. The molecule has 4 nitrogen and oxygen atoms in total. The molecule has 130 valence electrons. The van der Waals surface area contributed by atoms with Gasteiger partial charge in [-0.15, -0.1) is 0 Å². The Morgan fingerprint density at radius 2 is 1.87 bits per heavy atom. The Balaban J connectivity index is 2.82. The van der Waals surface area contributed by atoms with Crippen LogP contribution in [0, 0.1) is 0 Å². The van der Waals surface area contributed by atoms with Gasteiger partial charge < -0.3 is 15.3 Å². The topological polar surface area (TPSA) is 52.6 Å². The van der Waals surface area contributed by atoms with E-state index in [1.165, 1.54) is 11.0 Å².